The molecule has 0 bridgehead atoms. The Morgan fingerprint density at radius 1 is 0.792 bits per heavy atom. The van der Waals surface area contributed by atoms with E-state index in [2.05, 4.69) is 0 Å². The smallest absolute Gasteiger partial charge is 0.323 e. The van der Waals surface area contributed by atoms with Gasteiger partial charge in [0.15, 0.2) is 0 Å². The van der Waals surface area contributed by atoms with Crippen molar-refractivity contribution < 1.29 is 30.7 Å². The van der Waals surface area contributed by atoms with Gasteiger partial charge in [-0.1, -0.05) is 12.1 Å². The number of benzene rings is 1. The topological polar surface area (TPSA) is 4.93 Å². The third-order valence-corrected chi connectivity index (χ3v) is 3.77. The van der Waals surface area contributed by atoms with E-state index in [-0.39, 0.29) is 11.1 Å². The van der Waals surface area contributed by atoms with Crippen molar-refractivity contribution in [2.24, 2.45) is 0 Å². The molecule has 0 saturated carbocycles. The van der Waals surface area contributed by atoms with Crippen molar-refractivity contribution in [3.63, 3.8) is 0 Å². The molecule has 0 N–H and O–H groups in total. The summed E-state index contributed by atoms with van der Waals surface area (Å²) in [6.45, 7) is 4.47. The minimum atomic E-state index is -6.12. The molecule has 0 aliphatic carbocycles. The first kappa shape index (κ1) is 18.4. The molecule has 1 aromatic heterocycles. The normalized spacial score (nSPS) is 13.4. The van der Waals surface area contributed by atoms with Gasteiger partial charge in [0.05, 0.1) is 5.69 Å². The Balaban J connectivity index is 2.69. The second kappa shape index (κ2) is 5.53. The van der Waals surface area contributed by atoms with Crippen LogP contribution in [0, 0.1) is 20.8 Å². The Bertz CT molecular complexity index is 716. The van der Waals surface area contributed by atoms with E-state index in [0.717, 1.165) is 5.56 Å². The van der Waals surface area contributed by atoms with Crippen molar-refractivity contribution in [3.05, 3.63) is 52.8 Å². The molecule has 0 aliphatic rings. The van der Waals surface area contributed by atoms with E-state index < -0.39 is 23.6 Å². The van der Waals surface area contributed by atoms with Crippen molar-refractivity contribution >= 4 is 0 Å². The average molecular weight is 353 g/mol. The monoisotopic (exact) mass is 353 g/mol. The number of hydrogen-bond acceptors (Lipinski definition) is 0. The molecule has 132 valence electrons. The fourth-order valence-corrected chi connectivity index (χ4v) is 2.69. The van der Waals surface area contributed by atoms with Crippen molar-refractivity contribution in [1.29, 1.82) is 0 Å². The highest BCUT2D eigenvalue weighted by atomic mass is 19.4. The second-order valence-electron chi connectivity index (χ2n) is 5.71. The first-order chi connectivity index (χ1) is 10.8. The molecule has 1 aromatic carbocycles. The third kappa shape index (κ3) is 2.78. The Morgan fingerprint density at radius 3 is 1.58 bits per heavy atom. The summed E-state index contributed by atoms with van der Waals surface area (Å²) in [5.74, 6) is 0. The molecule has 0 aliphatic heterocycles. The zero-order valence-corrected chi connectivity index (χ0v) is 13.0. The van der Waals surface area contributed by atoms with Gasteiger partial charge in [0, 0.05) is 18.0 Å². The molecule has 2 aromatic rings. The standard InChI is InChI=1S/C16H14F7N/c1-9-4-5-24(8-9)13-10(2)6-12(7-11(13)3)14(17,15(18,19)20)16(21,22)23/h4-8H,1-3H3. The van der Waals surface area contributed by atoms with Crippen LogP contribution in [-0.4, -0.2) is 16.9 Å². The summed E-state index contributed by atoms with van der Waals surface area (Å²) < 4.78 is 93.0. The van der Waals surface area contributed by atoms with Gasteiger partial charge in [0.1, 0.15) is 0 Å². The molecule has 24 heavy (non-hydrogen) atoms. The summed E-state index contributed by atoms with van der Waals surface area (Å²) in [7, 11) is 0. The molecule has 8 heteroatoms. The van der Waals surface area contributed by atoms with Gasteiger partial charge in [-0.2, -0.15) is 26.3 Å². The van der Waals surface area contributed by atoms with Crippen LogP contribution < -0.4 is 0 Å². The summed E-state index contributed by atoms with van der Waals surface area (Å²) in [6.07, 6.45) is -8.93. The highest BCUT2D eigenvalue weighted by Crippen LogP contribution is 2.53. The van der Waals surface area contributed by atoms with Gasteiger partial charge in [-0.25, -0.2) is 4.39 Å². The van der Waals surface area contributed by atoms with Crippen LogP contribution in [0.4, 0.5) is 30.7 Å². The largest absolute Gasteiger partial charge is 0.435 e. The highest BCUT2D eigenvalue weighted by molar-refractivity contribution is 5.51. The van der Waals surface area contributed by atoms with Crippen molar-refractivity contribution in [3.8, 4) is 5.69 Å². The van der Waals surface area contributed by atoms with Crippen LogP contribution >= 0.6 is 0 Å². The fraction of sp³-hybridized carbons (Fsp3) is 0.375. The van der Waals surface area contributed by atoms with Crippen LogP contribution in [0.3, 0.4) is 0 Å². The summed E-state index contributed by atoms with van der Waals surface area (Å²) in [5.41, 5.74) is -5.39. The predicted octanol–water partition coefficient (Wildman–Crippen LogP) is 5.69. The maximum absolute atomic E-state index is 14.2. The van der Waals surface area contributed by atoms with Crippen molar-refractivity contribution in [2.45, 2.75) is 38.8 Å². The molecule has 0 saturated heterocycles. The molecule has 1 heterocycles. The zero-order chi connectivity index (χ0) is 18.5. The Hall–Kier alpha value is -1.99. The molecular weight excluding hydrogens is 339 g/mol. The third-order valence-electron chi connectivity index (χ3n) is 3.77. The molecule has 2 rings (SSSR count). The maximum atomic E-state index is 14.2. The number of nitrogens with zero attached hydrogens (tertiary/aromatic N) is 1. The Labute approximate surface area is 133 Å². The first-order valence-corrected chi connectivity index (χ1v) is 6.88. The van der Waals surface area contributed by atoms with Crippen LogP contribution in [0.25, 0.3) is 5.69 Å². The van der Waals surface area contributed by atoms with E-state index in [1.165, 1.54) is 13.8 Å². The van der Waals surface area contributed by atoms with Gasteiger partial charge >= 0.3 is 18.0 Å². The SMILES string of the molecule is Cc1ccn(-c2c(C)cc(C(F)(C(F)(F)F)C(F)(F)F)cc2C)c1. The highest BCUT2D eigenvalue weighted by Gasteiger charge is 2.73. The van der Waals surface area contributed by atoms with E-state index in [1.807, 2.05) is 0 Å². The average Bonchev–Trinajstić information content (AvgIpc) is 2.80. The van der Waals surface area contributed by atoms with Crippen LogP contribution in [-0.2, 0) is 5.67 Å². The number of aryl methyl sites for hydroxylation is 3. The van der Waals surface area contributed by atoms with Crippen LogP contribution in [0.5, 0.6) is 0 Å². The van der Waals surface area contributed by atoms with E-state index in [0.29, 0.717) is 17.8 Å². The summed E-state index contributed by atoms with van der Waals surface area (Å²) in [4.78, 5) is 0. The first-order valence-electron chi connectivity index (χ1n) is 6.88. The molecule has 0 unspecified atom stereocenters. The summed E-state index contributed by atoms with van der Waals surface area (Å²) in [5, 5.41) is 0. The number of rotatable bonds is 2. The predicted molar refractivity (Wildman–Crippen MR) is 74.9 cm³/mol. The molecule has 0 amide bonds. The van der Waals surface area contributed by atoms with E-state index in [9.17, 15) is 30.7 Å². The van der Waals surface area contributed by atoms with Gasteiger partial charge in [-0.3, -0.25) is 0 Å². The van der Waals surface area contributed by atoms with Crippen LogP contribution in [0.1, 0.15) is 22.3 Å². The maximum Gasteiger partial charge on any atom is 0.435 e. The molecule has 1 nitrogen and oxygen atoms in total. The van der Waals surface area contributed by atoms with Gasteiger partial charge in [0.25, 0.3) is 0 Å². The molecule has 0 radical (unpaired) electrons. The fourth-order valence-electron chi connectivity index (χ4n) is 2.69. The van der Waals surface area contributed by atoms with Gasteiger partial charge in [-0.15, -0.1) is 0 Å². The Kier molecular flexibility index (Phi) is 4.23. The van der Waals surface area contributed by atoms with Gasteiger partial charge in [0.2, 0.25) is 0 Å². The lowest BCUT2D eigenvalue weighted by atomic mass is 9.90. The number of hydrogen-bond donors (Lipinski definition) is 0. The number of halogens is 7. The minimum Gasteiger partial charge on any atom is -0.323 e. The van der Waals surface area contributed by atoms with Crippen molar-refractivity contribution in [2.75, 3.05) is 0 Å². The number of alkyl halides is 7. The molecular formula is C16H14F7N. The van der Waals surface area contributed by atoms with Crippen LogP contribution in [0.2, 0.25) is 0 Å². The second-order valence-corrected chi connectivity index (χ2v) is 5.71. The van der Waals surface area contributed by atoms with E-state index in [1.54, 1.807) is 30.0 Å². The Morgan fingerprint density at radius 2 is 1.25 bits per heavy atom. The van der Waals surface area contributed by atoms with Crippen molar-refractivity contribution in [1.82, 2.24) is 4.57 Å². The van der Waals surface area contributed by atoms with E-state index >= 15 is 0 Å². The lowest BCUT2D eigenvalue weighted by Crippen LogP contribution is -2.50. The quantitative estimate of drug-likeness (QED) is 0.611. The summed E-state index contributed by atoms with van der Waals surface area (Å²) >= 11 is 0. The number of aromatic nitrogens is 1. The lowest BCUT2D eigenvalue weighted by molar-refractivity contribution is -0.348. The zero-order valence-electron chi connectivity index (χ0n) is 13.0. The lowest BCUT2D eigenvalue weighted by Gasteiger charge is -2.31. The minimum absolute atomic E-state index is 0.108. The van der Waals surface area contributed by atoms with Crippen LogP contribution in [0.15, 0.2) is 30.6 Å². The molecule has 0 spiro atoms. The molecule has 0 fully saturated rings. The van der Waals surface area contributed by atoms with Gasteiger partial charge in [-0.05, 0) is 43.5 Å². The van der Waals surface area contributed by atoms with Gasteiger partial charge < -0.3 is 4.57 Å². The van der Waals surface area contributed by atoms with E-state index in [4.69, 9.17) is 0 Å². The summed E-state index contributed by atoms with van der Waals surface area (Å²) in [6, 6.07) is 2.93. The molecule has 0 atom stereocenters.